The van der Waals surface area contributed by atoms with E-state index in [1.807, 2.05) is 25.1 Å². The molecule has 0 saturated carbocycles. The van der Waals surface area contributed by atoms with Crippen LogP contribution >= 0.6 is 0 Å². The van der Waals surface area contributed by atoms with Crippen molar-refractivity contribution in [3.63, 3.8) is 0 Å². The van der Waals surface area contributed by atoms with Crippen molar-refractivity contribution < 1.29 is 9.59 Å². The molecule has 0 radical (unpaired) electrons. The first kappa shape index (κ1) is 14.8. The molecule has 23 heavy (non-hydrogen) atoms. The molecule has 0 fully saturated rings. The van der Waals surface area contributed by atoms with Crippen LogP contribution in [-0.2, 0) is 0 Å². The zero-order chi connectivity index (χ0) is 16.4. The number of aromatic amines is 1. The number of carbonyl (C=O) groups excluding carboxylic acids is 2. The molecule has 3 aromatic rings. The molecule has 0 bridgehead atoms. The summed E-state index contributed by atoms with van der Waals surface area (Å²) >= 11 is 0. The first-order valence-electron chi connectivity index (χ1n) is 7.16. The van der Waals surface area contributed by atoms with Crippen LogP contribution in [0.3, 0.4) is 0 Å². The number of fused-ring (bicyclic) bond motifs is 1. The highest BCUT2D eigenvalue weighted by atomic mass is 16.2. The first-order chi connectivity index (χ1) is 11.0. The second-order valence-electron chi connectivity index (χ2n) is 5.31. The molecule has 0 unspecified atom stereocenters. The molecule has 1 aromatic carbocycles. The minimum Gasteiger partial charge on any atom is -0.357 e. The molecule has 0 aliphatic heterocycles. The van der Waals surface area contributed by atoms with Gasteiger partial charge in [0.05, 0.1) is 16.8 Å². The van der Waals surface area contributed by atoms with Gasteiger partial charge in [-0.2, -0.15) is 0 Å². The second-order valence-corrected chi connectivity index (χ2v) is 5.31. The van der Waals surface area contributed by atoms with Crippen LogP contribution < -0.4 is 10.9 Å². The number of hydrogen-bond acceptors (Lipinski definition) is 3. The number of carbonyl (C=O) groups is 2. The number of pyridine rings is 1. The van der Waals surface area contributed by atoms with Crippen molar-refractivity contribution >= 4 is 22.7 Å². The third-order valence-electron chi connectivity index (χ3n) is 3.54. The highest BCUT2D eigenvalue weighted by Crippen LogP contribution is 2.18. The minimum absolute atomic E-state index is 0.370. The van der Waals surface area contributed by atoms with E-state index in [0.717, 1.165) is 16.5 Å². The predicted octanol–water partition coefficient (Wildman–Crippen LogP) is 2.25. The van der Waals surface area contributed by atoms with Crippen molar-refractivity contribution in [1.29, 1.82) is 0 Å². The lowest BCUT2D eigenvalue weighted by atomic mass is 10.1. The summed E-state index contributed by atoms with van der Waals surface area (Å²) in [5, 5.41) is 0.886. The summed E-state index contributed by atoms with van der Waals surface area (Å²) < 4.78 is 0. The topological polar surface area (TPSA) is 86.9 Å². The Kier molecular flexibility index (Phi) is 3.80. The van der Waals surface area contributed by atoms with Gasteiger partial charge in [0.2, 0.25) is 0 Å². The van der Waals surface area contributed by atoms with Gasteiger partial charge in [0, 0.05) is 11.6 Å². The van der Waals surface area contributed by atoms with E-state index in [4.69, 9.17) is 0 Å². The lowest BCUT2D eigenvalue weighted by molar-refractivity contribution is 0.0844. The van der Waals surface area contributed by atoms with E-state index in [1.54, 1.807) is 31.3 Å². The van der Waals surface area contributed by atoms with Gasteiger partial charge in [-0.1, -0.05) is 11.6 Å². The number of hydrazine groups is 1. The third-order valence-corrected chi connectivity index (χ3v) is 3.54. The molecule has 2 aromatic heterocycles. The smallest absolute Gasteiger partial charge is 0.286 e. The fourth-order valence-electron chi connectivity index (χ4n) is 2.34. The molecule has 0 spiro atoms. The lowest BCUT2D eigenvalue weighted by Crippen LogP contribution is -2.42. The average Bonchev–Trinajstić information content (AvgIpc) is 3.06. The molecule has 6 nitrogen and oxygen atoms in total. The van der Waals surface area contributed by atoms with Crippen LogP contribution in [0.2, 0.25) is 0 Å². The van der Waals surface area contributed by atoms with Gasteiger partial charge in [-0.15, -0.1) is 0 Å². The zero-order valence-electron chi connectivity index (χ0n) is 12.8. The van der Waals surface area contributed by atoms with E-state index in [9.17, 15) is 9.59 Å². The molecule has 0 saturated heterocycles. The molecule has 2 heterocycles. The minimum atomic E-state index is -0.411. The van der Waals surface area contributed by atoms with E-state index in [1.165, 1.54) is 0 Å². The number of H-pyrrole nitrogens is 1. The number of benzene rings is 1. The summed E-state index contributed by atoms with van der Waals surface area (Å²) in [5.74, 6) is -0.816. The maximum Gasteiger partial charge on any atom is 0.286 e. The normalized spacial score (nSPS) is 10.5. The summed E-state index contributed by atoms with van der Waals surface area (Å²) in [6, 6.07) is 11.0. The Morgan fingerprint density at radius 2 is 1.83 bits per heavy atom. The fourth-order valence-corrected chi connectivity index (χ4v) is 2.34. The highest BCUT2D eigenvalue weighted by molar-refractivity contribution is 6.01. The van der Waals surface area contributed by atoms with Crippen LogP contribution in [0.15, 0.2) is 42.6 Å². The molecule has 0 aliphatic rings. The highest BCUT2D eigenvalue weighted by Gasteiger charge is 2.13. The molecule has 0 atom stereocenters. The Balaban J connectivity index is 1.80. The van der Waals surface area contributed by atoms with E-state index >= 15 is 0 Å². The maximum atomic E-state index is 12.3. The number of hydrogen-bond donors (Lipinski definition) is 3. The van der Waals surface area contributed by atoms with Crippen LogP contribution in [0.1, 0.15) is 32.1 Å². The predicted molar refractivity (Wildman–Crippen MR) is 86.9 cm³/mol. The number of aryl methyl sites for hydroxylation is 2. The van der Waals surface area contributed by atoms with E-state index < -0.39 is 11.8 Å². The molecular formula is C17H16N4O2. The molecule has 6 heteroatoms. The Morgan fingerprint density at radius 3 is 2.57 bits per heavy atom. The van der Waals surface area contributed by atoms with E-state index in [-0.39, 0.29) is 0 Å². The lowest BCUT2D eigenvalue weighted by Gasteiger charge is -2.10. The van der Waals surface area contributed by atoms with E-state index in [2.05, 4.69) is 20.8 Å². The quantitative estimate of drug-likeness (QED) is 0.635. The Labute approximate surface area is 132 Å². The number of rotatable bonds is 2. The van der Waals surface area contributed by atoms with Crippen molar-refractivity contribution in [3.05, 3.63) is 65.1 Å². The fraction of sp³-hybridized carbons (Fsp3) is 0.118. The van der Waals surface area contributed by atoms with Gasteiger partial charge >= 0.3 is 0 Å². The molecular weight excluding hydrogens is 292 g/mol. The standard InChI is InChI=1S/C17H16N4O2/c1-10-5-6-14-12(8-10)9-13(11(2)19-14)16(22)20-21-17(23)15-4-3-7-18-15/h3-9,18H,1-2H3,(H,20,22)(H,21,23). The second kappa shape index (κ2) is 5.92. The Bertz CT molecular complexity index is 885. The SMILES string of the molecule is Cc1ccc2nc(C)c(C(=O)NNC(=O)c3ccc[nH]3)cc2c1. The monoisotopic (exact) mass is 308 g/mol. The van der Waals surface area contributed by atoms with Crippen molar-refractivity contribution in [3.8, 4) is 0 Å². The Hall–Kier alpha value is -3.15. The van der Waals surface area contributed by atoms with Gasteiger partial charge in [0.1, 0.15) is 5.69 Å². The van der Waals surface area contributed by atoms with Crippen LogP contribution in [0.25, 0.3) is 10.9 Å². The van der Waals surface area contributed by atoms with Crippen molar-refractivity contribution in [1.82, 2.24) is 20.8 Å². The van der Waals surface area contributed by atoms with Crippen LogP contribution in [0.5, 0.6) is 0 Å². The first-order valence-corrected chi connectivity index (χ1v) is 7.16. The molecule has 3 N–H and O–H groups in total. The van der Waals surface area contributed by atoms with Gasteiger partial charge in [-0.05, 0) is 44.2 Å². The number of nitrogens with zero attached hydrogens (tertiary/aromatic N) is 1. The molecule has 3 rings (SSSR count). The number of aromatic nitrogens is 2. The zero-order valence-corrected chi connectivity index (χ0v) is 12.8. The largest absolute Gasteiger partial charge is 0.357 e. The summed E-state index contributed by atoms with van der Waals surface area (Å²) in [4.78, 5) is 31.3. The third kappa shape index (κ3) is 3.06. The summed E-state index contributed by atoms with van der Waals surface area (Å²) in [6.07, 6.45) is 1.64. The van der Waals surface area contributed by atoms with Crippen LogP contribution in [-0.4, -0.2) is 21.8 Å². The van der Waals surface area contributed by atoms with Gasteiger partial charge < -0.3 is 4.98 Å². The van der Waals surface area contributed by atoms with Crippen molar-refractivity contribution in [2.45, 2.75) is 13.8 Å². The summed E-state index contributed by atoms with van der Waals surface area (Å²) in [5.41, 5.74) is 8.11. The van der Waals surface area contributed by atoms with Gasteiger partial charge in [0.25, 0.3) is 11.8 Å². The van der Waals surface area contributed by atoms with Crippen LogP contribution in [0.4, 0.5) is 0 Å². The van der Waals surface area contributed by atoms with E-state index in [0.29, 0.717) is 17.0 Å². The van der Waals surface area contributed by atoms with Crippen molar-refractivity contribution in [2.24, 2.45) is 0 Å². The average molecular weight is 308 g/mol. The van der Waals surface area contributed by atoms with Gasteiger partial charge in [-0.25, -0.2) is 0 Å². The Morgan fingerprint density at radius 1 is 1.04 bits per heavy atom. The van der Waals surface area contributed by atoms with Gasteiger partial charge in [-0.3, -0.25) is 25.4 Å². The summed E-state index contributed by atoms with van der Waals surface area (Å²) in [6.45, 7) is 3.75. The van der Waals surface area contributed by atoms with Crippen molar-refractivity contribution in [2.75, 3.05) is 0 Å². The number of nitrogens with one attached hydrogen (secondary N) is 3. The summed E-state index contributed by atoms with van der Waals surface area (Å²) in [7, 11) is 0. The van der Waals surface area contributed by atoms with Crippen LogP contribution in [0, 0.1) is 13.8 Å². The molecule has 116 valence electrons. The molecule has 0 aliphatic carbocycles. The number of amides is 2. The van der Waals surface area contributed by atoms with Gasteiger partial charge in [0.15, 0.2) is 0 Å². The molecule has 2 amide bonds. The maximum absolute atomic E-state index is 12.3.